The summed E-state index contributed by atoms with van der Waals surface area (Å²) in [5.41, 5.74) is -0.316. The van der Waals surface area contributed by atoms with Crippen molar-refractivity contribution in [3.63, 3.8) is 0 Å². The molecule has 3 unspecified atom stereocenters. The molecule has 5 rings (SSSR count). The van der Waals surface area contributed by atoms with Crippen LogP contribution in [0.4, 0.5) is 0 Å². The number of hydrogen-bond acceptors (Lipinski definition) is 6. The highest BCUT2D eigenvalue weighted by molar-refractivity contribution is 6.07. The second kappa shape index (κ2) is 12.5. The summed E-state index contributed by atoms with van der Waals surface area (Å²) >= 11 is 0. The normalized spacial score (nSPS) is 38.1. The van der Waals surface area contributed by atoms with Crippen LogP contribution in [0.1, 0.15) is 133 Å². The van der Waals surface area contributed by atoms with E-state index in [0.29, 0.717) is 31.3 Å². The molecule has 9 heteroatoms. The van der Waals surface area contributed by atoms with Gasteiger partial charge in [0.1, 0.15) is 6.10 Å². The van der Waals surface area contributed by atoms with Crippen LogP contribution in [0.25, 0.3) is 0 Å². The molecule has 0 heterocycles. The number of nitrogens with one attached hydrogen (secondary N) is 2. The van der Waals surface area contributed by atoms with Gasteiger partial charge in [-0.25, -0.2) is 0 Å². The largest absolute Gasteiger partial charge is 0.481 e. The Morgan fingerprint density at radius 2 is 1.53 bits per heavy atom. The fourth-order valence-electron chi connectivity index (χ4n) is 12.3. The predicted molar refractivity (Wildman–Crippen MR) is 187 cm³/mol. The molecular formula is C40H62N2O7. The number of carboxylic acids is 1. The summed E-state index contributed by atoms with van der Waals surface area (Å²) in [5.74, 6) is -0.546. The monoisotopic (exact) mass is 682 g/mol. The standard InChI is InChI=1S/C40H62N2O7/c1-23(2)31-26(44)21-40(33(46)42-20-19-41-24(3)43)18-17-38(9)25(32(31)40)11-12-28-37(8)15-14-29(49-30(45)22-35(4,5)34(47)48)36(6,7)27(37)13-16-39(28,38)10/h23,25,27-29H,11-22H2,1-10H3,(H,41,43)(H,42,46)(H,47,48)/t25?,27?,28?,29-,37-,38+,39+,40+/m0/s1. The summed E-state index contributed by atoms with van der Waals surface area (Å²) in [6.07, 6.45) is 7.09. The van der Waals surface area contributed by atoms with Gasteiger partial charge in [0, 0.05) is 31.8 Å². The number of rotatable bonds is 9. The van der Waals surface area contributed by atoms with Crippen LogP contribution in [-0.2, 0) is 28.7 Å². The molecule has 2 amide bonds. The third-order valence-corrected chi connectivity index (χ3v) is 15.0. The number of esters is 1. The van der Waals surface area contributed by atoms with Crippen LogP contribution in [0.5, 0.6) is 0 Å². The molecule has 0 radical (unpaired) electrons. The smallest absolute Gasteiger partial charge is 0.309 e. The summed E-state index contributed by atoms with van der Waals surface area (Å²) in [6, 6.07) is 0. The van der Waals surface area contributed by atoms with Crippen molar-refractivity contribution >= 4 is 29.5 Å². The van der Waals surface area contributed by atoms with Gasteiger partial charge in [-0.2, -0.15) is 0 Å². The zero-order valence-corrected chi connectivity index (χ0v) is 31.8. The van der Waals surface area contributed by atoms with Gasteiger partial charge >= 0.3 is 11.9 Å². The number of Topliss-reactive ketones (excluding diaryl/α,β-unsaturated/α-hetero) is 1. The van der Waals surface area contributed by atoms with Gasteiger partial charge in [-0.05, 0) is 116 Å². The van der Waals surface area contributed by atoms with Crippen molar-refractivity contribution in [1.82, 2.24) is 10.6 Å². The van der Waals surface area contributed by atoms with E-state index < -0.39 is 22.8 Å². The fourth-order valence-corrected chi connectivity index (χ4v) is 12.3. The summed E-state index contributed by atoms with van der Waals surface area (Å²) in [5, 5.41) is 15.4. The second-order valence-corrected chi connectivity index (χ2v) is 18.7. The number of amides is 2. The molecule has 4 fully saturated rings. The van der Waals surface area contributed by atoms with E-state index in [4.69, 9.17) is 4.74 Å². The molecule has 8 atom stereocenters. The zero-order valence-electron chi connectivity index (χ0n) is 31.8. The highest BCUT2D eigenvalue weighted by Gasteiger charge is 2.71. The number of carbonyl (C=O) groups excluding carboxylic acids is 4. The van der Waals surface area contributed by atoms with Crippen LogP contribution in [0, 0.1) is 56.2 Å². The van der Waals surface area contributed by atoms with Crippen molar-refractivity contribution in [1.29, 1.82) is 0 Å². The minimum absolute atomic E-state index is 0.00103. The van der Waals surface area contributed by atoms with Crippen LogP contribution >= 0.6 is 0 Å². The molecule has 0 spiro atoms. The van der Waals surface area contributed by atoms with Gasteiger partial charge in [-0.3, -0.25) is 24.0 Å². The van der Waals surface area contributed by atoms with Crippen molar-refractivity contribution in [2.75, 3.05) is 13.1 Å². The number of ketones is 1. The lowest BCUT2D eigenvalue weighted by atomic mass is 9.33. The maximum atomic E-state index is 14.2. The average Bonchev–Trinajstić information content (AvgIpc) is 3.30. The molecule has 4 saturated carbocycles. The number of ether oxygens (including phenoxy) is 1. The third-order valence-electron chi connectivity index (χ3n) is 15.0. The molecule has 0 saturated heterocycles. The van der Waals surface area contributed by atoms with E-state index in [2.05, 4.69) is 59.1 Å². The quantitative estimate of drug-likeness (QED) is 0.183. The Morgan fingerprint density at radius 1 is 0.878 bits per heavy atom. The highest BCUT2D eigenvalue weighted by Crippen LogP contribution is 2.76. The Hall–Kier alpha value is -2.71. The van der Waals surface area contributed by atoms with Crippen LogP contribution in [0.3, 0.4) is 0 Å². The first-order valence-corrected chi connectivity index (χ1v) is 18.8. The third kappa shape index (κ3) is 5.77. The molecule has 0 aromatic carbocycles. The maximum absolute atomic E-state index is 14.2. The Balaban J connectivity index is 1.43. The molecular weight excluding hydrogens is 620 g/mol. The van der Waals surface area contributed by atoms with E-state index in [1.807, 2.05) is 0 Å². The lowest BCUT2D eigenvalue weighted by Crippen LogP contribution is -2.66. The predicted octanol–water partition coefficient (Wildman–Crippen LogP) is 6.63. The van der Waals surface area contributed by atoms with Gasteiger partial charge in [-0.1, -0.05) is 48.5 Å². The van der Waals surface area contributed by atoms with E-state index in [9.17, 15) is 29.1 Å². The van der Waals surface area contributed by atoms with Gasteiger partial charge in [0.2, 0.25) is 11.8 Å². The van der Waals surface area contributed by atoms with Crippen molar-refractivity contribution in [3.8, 4) is 0 Å². The summed E-state index contributed by atoms with van der Waals surface area (Å²) in [7, 11) is 0. The lowest BCUT2D eigenvalue weighted by molar-refractivity contribution is -0.233. The Kier molecular flexibility index (Phi) is 9.58. The van der Waals surface area contributed by atoms with E-state index in [1.54, 1.807) is 13.8 Å². The summed E-state index contributed by atoms with van der Waals surface area (Å²) in [6.45, 7) is 21.4. The molecule has 9 nitrogen and oxygen atoms in total. The first kappa shape index (κ1) is 37.5. The summed E-state index contributed by atoms with van der Waals surface area (Å²) in [4.78, 5) is 64.1. The van der Waals surface area contributed by atoms with E-state index in [1.165, 1.54) is 6.92 Å². The van der Waals surface area contributed by atoms with Crippen molar-refractivity contribution in [2.24, 2.45) is 56.2 Å². The van der Waals surface area contributed by atoms with Crippen LogP contribution in [0.15, 0.2) is 11.1 Å². The molecule has 0 aromatic heterocycles. The van der Waals surface area contributed by atoms with Crippen LogP contribution < -0.4 is 10.6 Å². The van der Waals surface area contributed by atoms with E-state index in [0.717, 1.165) is 56.1 Å². The second-order valence-electron chi connectivity index (χ2n) is 18.7. The Bertz CT molecular complexity index is 1450. The van der Waals surface area contributed by atoms with E-state index in [-0.39, 0.29) is 70.0 Å². The number of carboxylic acid groups (broad SMARTS) is 1. The summed E-state index contributed by atoms with van der Waals surface area (Å²) < 4.78 is 6.13. The molecule has 5 aliphatic carbocycles. The SMILES string of the molecule is CC(=O)NCCNC(=O)[C@@]12CC[C@]3(C)C(CCC4[C@@]5(C)CC[C@H](OC(=O)CC(C)(C)C(=O)O)C(C)(C)C5CC[C@]43C)C1=C(C(C)C)C(=O)C2. The van der Waals surface area contributed by atoms with E-state index >= 15 is 0 Å². The molecule has 0 aliphatic heterocycles. The molecule has 3 N–H and O–H groups in total. The van der Waals surface area contributed by atoms with Gasteiger partial charge in [-0.15, -0.1) is 0 Å². The van der Waals surface area contributed by atoms with Crippen molar-refractivity contribution in [2.45, 2.75) is 140 Å². The number of allylic oxidation sites excluding steroid dienone is 1. The number of aliphatic carboxylic acids is 1. The number of hydrogen-bond donors (Lipinski definition) is 3. The highest BCUT2D eigenvalue weighted by atomic mass is 16.5. The molecule has 0 aromatic rings. The molecule has 5 aliphatic rings. The van der Waals surface area contributed by atoms with Crippen molar-refractivity contribution in [3.05, 3.63) is 11.1 Å². The van der Waals surface area contributed by atoms with Crippen LogP contribution in [0.2, 0.25) is 0 Å². The first-order valence-electron chi connectivity index (χ1n) is 18.8. The Morgan fingerprint density at radius 3 is 2.14 bits per heavy atom. The topological polar surface area (TPSA) is 139 Å². The van der Waals surface area contributed by atoms with Gasteiger partial charge in [0.25, 0.3) is 0 Å². The first-order chi connectivity index (χ1) is 22.6. The number of fused-ring (bicyclic) bond motifs is 7. The minimum atomic E-state index is -1.18. The fraction of sp³-hybridized carbons (Fsp3) is 0.825. The average molecular weight is 683 g/mol. The Labute approximate surface area is 293 Å². The zero-order chi connectivity index (χ0) is 36.5. The molecule has 0 bridgehead atoms. The minimum Gasteiger partial charge on any atom is -0.481 e. The molecule has 49 heavy (non-hydrogen) atoms. The molecule has 274 valence electrons. The number of carbonyl (C=O) groups is 5. The maximum Gasteiger partial charge on any atom is 0.309 e. The van der Waals surface area contributed by atoms with Crippen molar-refractivity contribution < 1.29 is 33.8 Å². The van der Waals surface area contributed by atoms with Crippen LogP contribution in [-0.4, -0.2) is 53.8 Å². The van der Waals surface area contributed by atoms with Gasteiger partial charge < -0.3 is 20.5 Å². The van der Waals surface area contributed by atoms with Gasteiger partial charge in [0.05, 0.1) is 17.3 Å². The lowest BCUT2D eigenvalue weighted by Gasteiger charge is -2.72. The van der Waals surface area contributed by atoms with Gasteiger partial charge in [0.15, 0.2) is 5.78 Å².